The summed E-state index contributed by atoms with van der Waals surface area (Å²) in [5, 5.41) is 3.68. The van der Waals surface area contributed by atoms with Crippen molar-refractivity contribution in [3.05, 3.63) is 94.8 Å². The van der Waals surface area contributed by atoms with Crippen LogP contribution in [0.15, 0.2) is 88.1 Å². The molecule has 0 spiro atoms. The van der Waals surface area contributed by atoms with Crippen molar-refractivity contribution in [3.63, 3.8) is 0 Å². The number of nitrogens with one attached hydrogen (secondary N) is 1. The van der Waals surface area contributed by atoms with Crippen LogP contribution in [-0.2, 0) is 11.2 Å². The van der Waals surface area contributed by atoms with Gasteiger partial charge in [0.1, 0.15) is 11.3 Å². The van der Waals surface area contributed by atoms with E-state index in [9.17, 15) is 9.59 Å². The second-order valence-corrected chi connectivity index (χ2v) is 7.68. The molecule has 0 radical (unpaired) electrons. The van der Waals surface area contributed by atoms with Crippen molar-refractivity contribution in [2.24, 2.45) is 5.73 Å². The molecule has 1 aromatic heterocycles. The molecule has 3 N–H and O–H groups in total. The minimum Gasteiger partial charge on any atom is -0.495 e. The first kappa shape index (κ1) is 22.1. The van der Waals surface area contributed by atoms with Gasteiger partial charge in [-0.15, -0.1) is 0 Å². The normalized spacial score (nSPS) is 11.7. The molecule has 33 heavy (non-hydrogen) atoms. The number of fused-ring (bicyclic) bond motifs is 1. The number of nitrogens with two attached hydrogens (primary N) is 1. The molecule has 0 bridgehead atoms. The Morgan fingerprint density at radius 3 is 2.55 bits per heavy atom. The van der Waals surface area contributed by atoms with Gasteiger partial charge in [-0.3, -0.25) is 4.79 Å². The number of hydrogen-bond acceptors (Lipinski definition) is 6. The minimum atomic E-state index is -0.721. The van der Waals surface area contributed by atoms with Gasteiger partial charge < -0.3 is 25.1 Å². The fourth-order valence-electron chi connectivity index (χ4n) is 3.70. The zero-order chi connectivity index (χ0) is 23.4. The second-order valence-electron chi connectivity index (χ2n) is 7.68. The van der Waals surface area contributed by atoms with Crippen LogP contribution in [0.4, 0.5) is 17.1 Å². The van der Waals surface area contributed by atoms with Gasteiger partial charge in [-0.2, -0.15) is 0 Å². The SMILES string of the molecule is COc1ccc(N(C)c2cc(=O)oc3ccccc23)cc1NC(=O)C(N)Cc1ccccc1. The molecule has 7 heteroatoms. The summed E-state index contributed by atoms with van der Waals surface area (Å²) < 4.78 is 10.7. The van der Waals surface area contributed by atoms with Crippen molar-refractivity contribution < 1.29 is 13.9 Å². The van der Waals surface area contributed by atoms with E-state index in [2.05, 4.69) is 5.32 Å². The highest BCUT2D eigenvalue weighted by molar-refractivity contribution is 5.97. The summed E-state index contributed by atoms with van der Waals surface area (Å²) in [6.07, 6.45) is 0.417. The van der Waals surface area contributed by atoms with Gasteiger partial charge in [0.05, 0.1) is 24.5 Å². The van der Waals surface area contributed by atoms with E-state index in [1.165, 1.54) is 13.2 Å². The van der Waals surface area contributed by atoms with Gasteiger partial charge in [-0.25, -0.2) is 4.79 Å². The number of amides is 1. The van der Waals surface area contributed by atoms with Crippen LogP contribution in [0, 0.1) is 0 Å². The molecule has 7 nitrogen and oxygen atoms in total. The molecule has 0 saturated carbocycles. The number of carbonyl (C=O) groups is 1. The summed E-state index contributed by atoms with van der Waals surface area (Å²) in [4.78, 5) is 26.7. The molecular formula is C26H25N3O4. The second kappa shape index (κ2) is 9.58. The van der Waals surface area contributed by atoms with Gasteiger partial charge >= 0.3 is 5.63 Å². The Balaban J connectivity index is 1.62. The van der Waals surface area contributed by atoms with E-state index in [1.807, 2.05) is 66.5 Å². The molecule has 4 aromatic rings. The first-order chi connectivity index (χ1) is 16.0. The summed E-state index contributed by atoms with van der Waals surface area (Å²) in [5.41, 5.74) is 9.11. The number of anilines is 3. The molecule has 0 aliphatic rings. The molecule has 0 saturated heterocycles. The lowest BCUT2D eigenvalue weighted by atomic mass is 10.1. The average Bonchev–Trinajstić information content (AvgIpc) is 2.83. The van der Waals surface area contributed by atoms with Gasteiger partial charge in [-0.1, -0.05) is 42.5 Å². The summed E-state index contributed by atoms with van der Waals surface area (Å²) in [6, 6.07) is 23.1. The summed E-state index contributed by atoms with van der Waals surface area (Å²) in [6.45, 7) is 0. The maximum Gasteiger partial charge on any atom is 0.338 e. The number of hydrogen-bond donors (Lipinski definition) is 2. The molecule has 1 heterocycles. The van der Waals surface area contributed by atoms with E-state index in [4.69, 9.17) is 14.9 Å². The predicted octanol–water partition coefficient (Wildman–Crippen LogP) is 4.08. The van der Waals surface area contributed by atoms with E-state index in [0.717, 1.165) is 16.6 Å². The number of carbonyl (C=O) groups excluding carboxylic acids is 1. The Bertz CT molecular complexity index is 1330. The Kier molecular flexibility index (Phi) is 6.42. The highest BCUT2D eigenvalue weighted by Gasteiger charge is 2.18. The van der Waals surface area contributed by atoms with Gasteiger partial charge in [0, 0.05) is 24.2 Å². The number of benzene rings is 3. The number of nitrogens with zero attached hydrogens (tertiary/aromatic N) is 1. The molecule has 1 amide bonds. The zero-order valence-corrected chi connectivity index (χ0v) is 18.4. The van der Waals surface area contributed by atoms with Crippen molar-refractivity contribution in [2.45, 2.75) is 12.5 Å². The monoisotopic (exact) mass is 443 g/mol. The molecule has 0 fully saturated rings. The number of ether oxygens (including phenoxy) is 1. The topological polar surface area (TPSA) is 97.8 Å². The predicted molar refractivity (Wildman–Crippen MR) is 130 cm³/mol. The van der Waals surface area contributed by atoms with Crippen LogP contribution in [0.25, 0.3) is 11.0 Å². The zero-order valence-electron chi connectivity index (χ0n) is 18.4. The highest BCUT2D eigenvalue weighted by Crippen LogP contribution is 2.34. The third-order valence-electron chi connectivity index (χ3n) is 5.45. The summed E-state index contributed by atoms with van der Waals surface area (Å²) in [5.74, 6) is 0.188. The Labute approximate surface area is 191 Å². The lowest BCUT2D eigenvalue weighted by Crippen LogP contribution is -2.37. The van der Waals surface area contributed by atoms with Crippen LogP contribution >= 0.6 is 0 Å². The van der Waals surface area contributed by atoms with Gasteiger partial charge in [-0.05, 0) is 42.3 Å². The van der Waals surface area contributed by atoms with E-state index in [1.54, 1.807) is 18.2 Å². The van der Waals surface area contributed by atoms with Crippen molar-refractivity contribution >= 4 is 33.9 Å². The van der Waals surface area contributed by atoms with E-state index >= 15 is 0 Å². The molecular weight excluding hydrogens is 418 g/mol. The molecule has 3 aromatic carbocycles. The smallest absolute Gasteiger partial charge is 0.338 e. The van der Waals surface area contributed by atoms with Crippen molar-refractivity contribution in [2.75, 3.05) is 24.4 Å². The molecule has 4 rings (SSSR count). The maximum atomic E-state index is 12.8. The molecule has 1 unspecified atom stereocenters. The molecule has 1 atom stereocenters. The number of para-hydroxylation sites is 1. The fourth-order valence-corrected chi connectivity index (χ4v) is 3.70. The molecule has 0 aliphatic heterocycles. The first-order valence-electron chi connectivity index (χ1n) is 10.5. The van der Waals surface area contributed by atoms with Crippen LogP contribution in [0.1, 0.15) is 5.56 Å². The lowest BCUT2D eigenvalue weighted by molar-refractivity contribution is -0.117. The van der Waals surface area contributed by atoms with Crippen LogP contribution in [-0.4, -0.2) is 26.1 Å². The number of methoxy groups -OCH3 is 1. The minimum absolute atomic E-state index is 0.317. The van der Waals surface area contributed by atoms with Crippen LogP contribution in [0.5, 0.6) is 5.75 Å². The number of rotatable bonds is 7. The molecule has 0 aliphatic carbocycles. The average molecular weight is 444 g/mol. The van der Waals surface area contributed by atoms with Crippen molar-refractivity contribution in [1.29, 1.82) is 0 Å². The van der Waals surface area contributed by atoms with Crippen molar-refractivity contribution in [1.82, 2.24) is 0 Å². The van der Waals surface area contributed by atoms with Crippen molar-refractivity contribution in [3.8, 4) is 5.75 Å². The van der Waals surface area contributed by atoms with E-state index in [-0.39, 0.29) is 5.91 Å². The van der Waals surface area contributed by atoms with E-state index < -0.39 is 11.7 Å². The standard InChI is InChI=1S/C26H25N3O4/c1-29(22-16-25(30)33-23-11-7-6-10-19(22)23)18-12-13-24(32-2)21(15-18)28-26(31)20(27)14-17-8-4-3-5-9-17/h3-13,15-16,20H,14,27H2,1-2H3,(H,28,31). The third kappa shape index (κ3) is 4.88. The summed E-state index contributed by atoms with van der Waals surface area (Å²) >= 11 is 0. The fraction of sp³-hybridized carbons (Fsp3) is 0.154. The highest BCUT2D eigenvalue weighted by atomic mass is 16.5. The third-order valence-corrected chi connectivity index (χ3v) is 5.45. The Morgan fingerprint density at radius 2 is 1.79 bits per heavy atom. The van der Waals surface area contributed by atoms with Gasteiger partial charge in [0.15, 0.2) is 0 Å². The largest absolute Gasteiger partial charge is 0.495 e. The van der Waals surface area contributed by atoms with Gasteiger partial charge in [0.25, 0.3) is 0 Å². The lowest BCUT2D eigenvalue weighted by Gasteiger charge is -2.22. The van der Waals surface area contributed by atoms with Crippen LogP contribution in [0.3, 0.4) is 0 Å². The Hall–Kier alpha value is -4.10. The van der Waals surface area contributed by atoms with Crippen LogP contribution in [0.2, 0.25) is 0 Å². The maximum absolute atomic E-state index is 12.8. The summed E-state index contributed by atoms with van der Waals surface area (Å²) in [7, 11) is 3.38. The van der Waals surface area contributed by atoms with Crippen LogP contribution < -0.4 is 26.3 Å². The first-order valence-corrected chi connectivity index (χ1v) is 10.5. The van der Waals surface area contributed by atoms with E-state index in [0.29, 0.717) is 29.1 Å². The quantitative estimate of drug-likeness (QED) is 0.418. The Morgan fingerprint density at radius 1 is 1.06 bits per heavy atom. The molecule has 168 valence electrons. The van der Waals surface area contributed by atoms with Gasteiger partial charge in [0.2, 0.25) is 5.91 Å².